The van der Waals surface area contributed by atoms with Crippen LogP contribution in [-0.2, 0) is 0 Å². The summed E-state index contributed by atoms with van der Waals surface area (Å²) in [6.45, 7) is 3.16. The fourth-order valence-corrected chi connectivity index (χ4v) is 2.47. The van der Waals surface area contributed by atoms with Gasteiger partial charge >= 0.3 is 0 Å². The molecule has 1 aliphatic carbocycles. The summed E-state index contributed by atoms with van der Waals surface area (Å²) >= 11 is 0. The molecule has 1 fully saturated rings. The van der Waals surface area contributed by atoms with Gasteiger partial charge in [-0.05, 0) is 43.9 Å². The average molecular weight is 241 g/mol. The summed E-state index contributed by atoms with van der Waals surface area (Å²) in [5.41, 5.74) is 9.13. The van der Waals surface area contributed by atoms with Gasteiger partial charge in [-0.3, -0.25) is 4.98 Å². The number of aryl methyl sites for hydroxylation is 1. The first-order chi connectivity index (χ1) is 8.65. The molecule has 0 radical (unpaired) electrons. The number of rotatable bonds is 3. The van der Waals surface area contributed by atoms with Crippen molar-refractivity contribution in [3.05, 3.63) is 30.1 Å². The number of fused-ring (bicyclic) bond motifs is 1. The van der Waals surface area contributed by atoms with Gasteiger partial charge in [0.2, 0.25) is 0 Å². The quantitative estimate of drug-likeness (QED) is 0.840. The van der Waals surface area contributed by atoms with E-state index in [1.165, 1.54) is 23.9 Å². The van der Waals surface area contributed by atoms with Crippen LogP contribution in [0.5, 0.6) is 0 Å². The topological polar surface area (TPSA) is 42.1 Å². The Morgan fingerprint density at radius 3 is 2.83 bits per heavy atom. The van der Waals surface area contributed by atoms with E-state index in [-0.39, 0.29) is 0 Å². The molecule has 0 bridgehead atoms. The summed E-state index contributed by atoms with van der Waals surface area (Å²) in [6.07, 6.45) is 4.63. The van der Waals surface area contributed by atoms with Gasteiger partial charge in [-0.2, -0.15) is 0 Å². The number of benzene rings is 1. The van der Waals surface area contributed by atoms with Gasteiger partial charge < -0.3 is 10.6 Å². The van der Waals surface area contributed by atoms with Crippen molar-refractivity contribution in [2.24, 2.45) is 5.92 Å². The number of nitrogens with two attached hydrogens (primary N) is 1. The summed E-state index contributed by atoms with van der Waals surface area (Å²) in [7, 11) is 2.17. The van der Waals surface area contributed by atoms with Crippen molar-refractivity contribution in [1.29, 1.82) is 0 Å². The Morgan fingerprint density at radius 2 is 2.11 bits per heavy atom. The van der Waals surface area contributed by atoms with Crippen LogP contribution in [0.4, 0.5) is 11.4 Å². The van der Waals surface area contributed by atoms with Crippen LogP contribution in [0.2, 0.25) is 0 Å². The van der Waals surface area contributed by atoms with Crippen LogP contribution < -0.4 is 10.6 Å². The molecule has 2 N–H and O–H groups in total. The highest BCUT2D eigenvalue weighted by Crippen LogP contribution is 2.34. The Labute approximate surface area is 108 Å². The van der Waals surface area contributed by atoms with Crippen molar-refractivity contribution < 1.29 is 0 Å². The molecule has 1 saturated carbocycles. The highest BCUT2D eigenvalue weighted by Gasteiger charge is 2.23. The van der Waals surface area contributed by atoms with Crippen molar-refractivity contribution in [1.82, 2.24) is 4.98 Å². The standard InChI is InChI=1S/C15H19N3/c1-10-7-12-13(8-17-10)14(16)5-6-15(12)18(2)9-11-3-4-11/h5-8,11H,3-4,9,16H2,1-2H3. The lowest BCUT2D eigenvalue weighted by Crippen LogP contribution is -2.20. The van der Waals surface area contributed by atoms with Crippen LogP contribution in [-0.4, -0.2) is 18.6 Å². The largest absolute Gasteiger partial charge is 0.398 e. The second-order valence-corrected chi connectivity index (χ2v) is 5.37. The maximum atomic E-state index is 6.03. The van der Waals surface area contributed by atoms with Crippen molar-refractivity contribution in [2.75, 3.05) is 24.2 Å². The van der Waals surface area contributed by atoms with E-state index in [1.807, 2.05) is 19.2 Å². The number of nitrogen functional groups attached to an aromatic ring is 1. The van der Waals surface area contributed by atoms with Gasteiger partial charge in [-0.25, -0.2) is 0 Å². The van der Waals surface area contributed by atoms with E-state index in [9.17, 15) is 0 Å². The van der Waals surface area contributed by atoms with E-state index in [0.29, 0.717) is 0 Å². The second-order valence-electron chi connectivity index (χ2n) is 5.37. The zero-order valence-electron chi connectivity index (χ0n) is 11.0. The van der Waals surface area contributed by atoms with E-state index in [2.05, 4.69) is 29.1 Å². The van der Waals surface area contributed by atoms with Crippen LogP contribution in [0.15, 0.2) is 24.4 Å². The van der Waals surface area contributed by atoms with Gasteiger partial charge in [0.25, 0.3) is 0 Å². The van der Waals surface area contributed by atoms with Gasteiger partial charge in [0.15, 0.2) is 0 Å². The Morgan fingerprint density at radius 1 is 1.33 bits per heavy atom. The first kappa shape index (κ1) is 11.3. The molecule has 1 aromatic heterocycles. The molecule has 1 heterocycles. The highest BCUT2D eigenvalue weighted by atomic mass is 15.1. The van der Waals surface area contributed by atoms with Crippen molar-refractivity contribution in [2.45, 2.75) is 19.8 Å². The van der Waals surface area contributed by atoms with E-state index in [1.54, 1.807) is 0 Å². The smallest absolute Gasteiger partial charge is 0.0446 e. The number of hydrogen-bond donors (Lipinski definition) is 1. The molecular weight excluding hydrogens is 222 g/mol. The van der Waals surface area contributed by atoms with E-state index >= 15 is 0 Å². The molecule has 0 spiro atoms. The second kappa shape index (κ2) is 4.16. The van der Waals surface area contributed by atoms with Crippen molar-refractivity contribution in [3.63, 3.8) is 0 Å². The van der Waals surface area contributed by atoms with Gasteiger partial charge in [0, 0.05) is 47.6 Å². The van der Waals surface area contributed by atoms with Gasteiger partial charge in [0.05, 0.1) is 0 Å². The molecule has 0 aliphatic heterocycles. The Bertz CT molecular complexity index is 588. The summed E-state index contributed by atoms with van der Waals surface area (Å²) in [6, 6.07) is 6.24. The fraction of sp³-hybridized carbons (Fsp3) is 0.400. The van der Waals surface area contributed by atoms with Crippen LogP contribution in [0.1, 0.15) is 18.5 Å². The summed E-state index contributed by atoms with van der Waals surface area (Å²) in [5.74, 6) is 0.880. The first-order valence-corrected chi connectivity index (χ1v) is 6.51. The lowest BCUT2D eigenvalue weighted by Gasteiger charge is -2.21. The average Bonchev–Trinajstić information content (AvgIpc) is 3.13. The monoisotopic (exact) mass is 241 g/mol. The molecule has 3 nitrogen and oxygen atoms in total. The molecule has 0 unspecified atom stereocenters. The highest BCUT2D eigenvalue weighted by molar-refractivity contribution is 6.01. The molecule has 2 aromatic rings. The maximum Gasteiger partial charge on any atom is 0.0446 e. The molecule has 0 atom stereocenters. The van der Waals surface area contributed by atoms with Gasteiger partial charge in [0.1, 0.15) is 0 Å². The van der Waals surface area contributed by atoms with E-state index < -0.39 is 0 Å². The summed E-state index contributed by atoms with van der Waals surface area (Å²) < 4.78 is 0. The SMILES string of the molecule is Cc1cc2c(N(C)CC3CC3)ccc(N)c2cn1. The van der Waals surface area contributed by atoms with E-state index in [0.717, 1.165) is 29.2 Å². The van der Waals surface area contributed by atoms with Crippen LogP contribution >= 0.6 is 0 Å². The molecule has 1 aliphatic rings. The van der Waals surface area contributed by atoms with Crippen LogP contribution in [0.25, 0.3) is 10.8 Å². The third-order valence-electron chi connectivity index (χ3n) is 3.69. The molecule has 0 saturated heterocycles. The molecule has 3 rings (SSSR count). The third-order valence-corrected chi connectivity index (χ3v) is 3.69. The fourth-order valence-electron chi connectivity index (χ4n) is 2.47. The van der Waals surface area contributed by atoms with Crippen LogP contribution in [0.3, 0.4) is 0 Å². The Balaban J connectivity index is 2.09. The minimum absolute atomic E-state index is 0.807. The number of aromatic nitrogens is 1. The zero-order valence-corrected chi connectivity index (χ0v) is 11.0. The summed E-state index contributed by atoms with van der Waals surface area (Å²) in [5, 5.41) is 2.27. The Kier molecular flexibility index (Phi) is 2.62. The lowest BCUT2D eigenvalue weighted by molar-refractivity contribution is 0.789. The van der Waals surface area contributed by atoms with Crippen molar-refractivity contribution in [3.8, 4) is 0 Å². The normalized spacial score (nSPS) is 15.0. The van der Waals surface area contributed by atoms with Gasteiger partial charge in [-0.15, -0.1) is 0 Å². The minimum atomic E-state index is 0.807. The zero-order chi connectivity index (χ0) is 12.7. The minimum Gasteiger partial charge on any atom is -0.398 e. The molecule has 1 aromatic carbocycles. The first-order valence-electron chi connectivity index (χ1n) is 6.51. The Hall–Kier alpha value is -1.77. The predicted octanol–water partition coefficient (Wildman–Crippen LogP) is 2.97. The lowest BCUT2D eigenvalue weighted by atomic mass is 10.1. The predicted molar refractivity (Wildman–Crippen MR) is 76.9 cm³/mol. The number of pyridine rings is 1. The molecule has 3 heteroatoms. The van der Waals surface area contributed by atoms with Crippen molar-refractivity contribution >= 4 is 22.1 Å². The number of nitrogens with zero attached hydrogens (tertiary/aromatic N) is 2. The maximum absolute atomic E-state index is 6.03. The summed E-state index contributed by atoms with van der Waals surface area (Å²) in [4.78, 5) is 6.69. The molecule has 94 valence electrons. The van der Waals surface area contributed by atoms with E-state index in [4.69, 9.17) is 5.73 Å². The van der Waals surface area contributed by atoms with Gasteiger partial charge in [-0.1, -0.05) is 0 Å². The molecule has 0 amide bonds. The molecular formula is C15H19N3. The number of anilines is 2. The third kappa shape index (κ3) is 2.01. The van der Waals surface area contributed by atoms with Crippen LogP contribution in [0, 0.1) is 12.8 Å². The molecule has 18 heavy (non-hydrogen) atoms. The number of hydrogen-bond acceptors (Lipinski definition) is 3.